The number of nitrogens with zero attached hydrogens (tertiary/aromatic N) is 1. The number of rotatable bonds is 1. The van der Waals surface area contributed by atoms with Gasteiger partial charge in [-0.15, -0.1) is 0 Å². The van der Waals surface area contributed by atoms with Crippen LogP contribution in [0.25, 0.3) is 11.3 Å². The van der Waals surface area contributed by atoms with E-state index in [0.717, 1.165) is 5.92 Å². The van der Waals surface area contributed by atoms with E-state index in [2.05, 4.69) is 49.0 Å². The molecule has 1 heteroatoms. The van der Waals surface area contributed by atoms with Crippen LogP contribution in [0.15, 0.2) is 30.5 Å². The van der Waals surface area contributed by atoms with E-state index in [9.17, 15) is 0 Å². The van der Waals surface area contributed by atoms with Crippen LogP contribution >= 0.6 is 0 Å². The largest absolute Gasteiger partial charge is 0.212 e. The van der Waals surface area contributed by atoms with E-state index in [4.69, 9.17) is 0 Å². The van der Waals surface area contributed by atoms with Gasteiger partial charge in [0.2, 0.25) is 5.69 Å². The third-order valence-corrected chi connectivity index (χ3v) is 5.56. The van der Waals surface area contributed by atoms with E-state index < -0.39 is 0 Å². The van der Waals surface area contributed by atoms with Crippen LogP contribution in [0.2, 0.25) is 0 Å². The summed E-state index contributed by atoms with van der Waals surface area (Å²) in [6.07, 6.45) is 10.3. The number of aromatic nitrogens is 1. The highest BCUT2D eigenvalue weighted by molar-refractivity contribution is 5.67. The summed E-state index contributed by atoms with van der Waals surface area (Å²) in [6, 6.07) is 9.02. The Bertz CT molecular complexity index is 697. The lowest BCUT2D eigenvalue weighted by molar-refractivity contribution is -0.660. The molecule has 108 valence electrons. The van der Waals surface area contributed by atoms with Gasteiger partial charge in [0, 0.05) is 17.7 Å². The number of benzene rings is 1. The fourth-order valence-electron chi connectivity index (χ4n) is 4.52. The van der Waals surface area contributed by atoms with E-state index in [1.165, 1.54) is 55.3 Å². The summed E-state index contributed by atoms with van der Waals surface area (Å²) in [4.78, 5) is 0. The van der Waals surface area contributed by atoms with Crippen molar-refractivity contribution >= 4 is 0 Å². The molecule has 1 heterocycles. The van der Waals surface area contributed by atoms with Gasteiger partial charge in [0.05, 0.1) is 0 Å². The SMILES string of the molecule is Cc1c(-c2cccc[n+]2C)cc2c3c1CCCC3CCC2. The summed E-state index contributed by atoms with van der Waals surface area (Å²) in [5, 5.41) is 0. The fourth-order valence-corrected chi connectivity index (χ4v) is 4.52. The molecule has 0 amide bonds. The molecule has 21 heavy (non-hydrogen) atoms. The van der Waals surface area contributed by atoms with E-state index >= 15 is 0 Å². The second-order valence-electron chi connectivity index (χ2n) is 6.78. The zero-order chi connectivity index (χ0) is 14.4. The average Bonchev–Trinajstić information content (AvgIpc) is 2.52. The Labute approximate surface area is 127 Å². The standard InChI is InChI=1S/C20H24N/c1-14-17-10-6-8-15-7-5-9-16(20(15)17)13-18(14)19-11-3-4-12-21(19)2/h3-4,11-13,15H,5-10H2,1-2H3/q+1. The van der Waals surface area contributed by atoms with Gasteiger partial charge < -0.3 is 0 Å². The lowest BCUT2D eigenvalue weighted by Gasteiger charge is -2.33. The minimum atomic E-state index is 0.856. The third-order valence-electron chi connectivity index (χ3n) is 5.56. The van der Waals surface area contributed by atoms with Crippen molar-refractivity contribution in [2.75, 3.05) is 0 Å². The minimum absolute atomic E-state index is 0.856. The Morgan fingerprint density at radius 2 is 1.90 bits per heavy atom. The lowest BCUT2D eigenvalue weighted by Crippen LogP contribution is -2.30. The Balaban J connectivity index is 1.97. The Kier molecular flexibility index (Phi) is 3.10. The highest BCUT2D eigenvalue weighted by Gasteiger charge is 2.29. The summed E-state index contributed by atoms with van der Waals surface area (Å²) < 4.78 is 2.25. The van der Waals surface area contributed by atoms with Crippen LogP contribution < -0.4 is 4.57 Å². The third kappa shape index (κ3) is 2.02. The number of aryl methyl sites for hydroxylation is 2. The first-order valence-corrected chi connectivity index (χ1v) is 8.36. The summed E-state index contributed by atoms with van der Waals surface area (Å²) in [5.41, 5.74) is 9.40. The predicted octanol–water partition coefficient (Wildman–Crippen LogP) is 4.24. The predicted molar refractivity (Wildman–Crippen MR) is 86.4 cm³/mol. The summed E-state index contributed by atoms with van der Waals surface area (Å²) >= 11 is 0. The maximum atomic E-state index is 2.50. The van der Waals surface area contributed by atoms with Gasteiger partial charge in [-0.05, 0) is 85.8 Å². The Morgan fingerprint density at radius 1 is 1.10 bits per heavy atom. The fraction of sp³-hybridized carbons (Fsp3) is 0.450. The maximum Gasteiger partial charge on any atom is 0.212 e. The normalized spacial score (nSPS) is 20.2. The van der Waals surface area contributed by atoms with Crippen molar-refractivity contribution in [2.45, 2.75) is 51.4 Å². The molecule has 4 rings (SSSR count). The van der Waals surface area contributed by atoms with E-state index in [1.54, 1.807) is 16.7 Å². The average molecular weight is 278 g/mol. The summed E-state index contributed by atoms with van der Waals surface area (Å²) in [5.74, 6) is 0.856. The zero-order valence-electron chi connectivity index (χ0n) is 13.2. The molecule has 0 spiro atoms. The minimum Gasteiger partial charge on any atom is -0.201 e. The van der Waals surface area contributed by atoms with Crippen molar-refractivity contribution in [3.05, 3.63) is 52.7 Å². The molecule has 1 aromatic heterocycles. The van der Waals surface area contributed by atoms with Gasteiger partial charge in [0.25, 0.3) is 0 Å². The molecule has 0 aliphatic heterocycles. The van der Waals surface area contributed by atoms with E-state index in [-0.39, 0.29) is 0 Å². The molecule has 1 atom stereocenters. The molecule has 0 N–H and O–H groups in total. The molecule has 0 radical (unpaired) electrons. The molecule has 0 saturated carbocycles. The maximum absolute atomic E-state index is 2.50. The molecule has 1 unspecified atom stereocenters. The van der Waals surface area contributed by atoms with E-state index in [1.807, 2.05) is 0 Å². The van der Waals surface area contributed by atoms with Crippen LogP contribution in [0.5, 0.6) is 0 Å². The van der Waals surface area contributed by atoms with Crippen molar-refractivity contribution in [1.82, 2.24) is 0 Å². The van der Waals surface area contributed by atoms with Crippen molar-refractivity contribution in [3.63, 3.8) is 0 Å². The van der Waals surface area contributed by atoms with Crippen LogP contribution in [-0.2, 0) is 19.9 Å². The van der Waals surface area contributed by atoms with Crippen LogP contribution in [0.4, 0.5) is 0 Å². The van der Waals surface area contributed by atoms with Gasteiger partial charge in [-0.1, -0.05) is 0 Å². The molecule has 2 aliphatic rings. The van der Waals surface area contributed by atoms with Crippen LogP contribution in [0.3, 0.4) is 0 Å². The molecular formula is C20H24N+. The van der Waals surface area contributed by atoms with Crippen molar-refractivity contribution in [1.29, 1.82) is 0 Å². The van der Waals surface area contributed by atoms with Crippen molar-refractivity contribution in [3.8, 4) is 11.3 Å². The quantitative estimate of drug-likeness (QED) is 0.687. The molecule has 0 saturated heterocycles. The first-order chi connectivity index (χ1) is 10.3. The lowest BCUT2D eigenvalue weighted by atomic mass is 9.71. The van der Waals surface area contributed by atoms with Crippen LogP contribution in [0, 0.1) is 6.92 Å². The first kappa shape index (κ1) is 13.1. The highest BCUT2D eigenvalue weighted by atomic mass is 14.9. The van der Waals surface area contributed by atoms with Gasteiger partial charge >= 0.3 is 0 Å². The molecule has 0 fully saturated rings. The van der Waals surface area contributed by atoms with Crippen molar-refractivity contribution < 1.29 is 4.57 Å². The van der Waals surface area contributed by atoms with Gasteiger partial charge in [-0.25, -0.2) is 4.57 Å². The van der Waals surface area contributed by atoms with Gasteiger partial charge in [0.15, 0.2) is 6.20 Å². The molecular weight excluding hydrogens is 254 g/mol. The highest BCUT2D eigenvalue weighted by Crippen LogP contribution is 2.44. The Hall–Kier alpha value is -1.63. The van der Waals surface area contributed by atoms with Crippen LogP contribution in [0.1, 0.15) is 53.9 Å². The summed E-state index contributed by atoms with van der Waals surface area (Å²) in [6.45, 7) is 2.34. The molecule has 2 aromatic rings. The van der Waals surface area contributed by atoms with E-state index in [0.29, 0.717) is 0 Å². The monoisotopic (exact) mass is 278 g/mol. The molecule has 2 aliphatic carbocycles. The molecule has 0 bridgehead atoms. The number of pyridine rings is 1. The van der Waals surface area contributed by atoms with Gasteiger partial charge in [-0.2, -0.15) is 0 Å². The number of hydrogen-bond acceptors (Lipinski definition) is 0. The second-order valence-corrected chi connectivity index (χ2v) is 6.78. The van der Waals surface area contributed by atoms with Crippen molar-refractivity contribution in [2.24, 2.45) is 7.05 Å². The van der Waals surface area contributed by atoms with Gasteiger partial charge in [0.1, 0.15) is 7.05 Å². The molecule has 1 aromatic carbocycles. The number of hydrogen-bond donors (Lipinski definition) is 0. The molecule has 1 nitrogen and oxygen atoms in total. The van der Waals surface area contributed by atoms with Crippen LogP contribution in [-0.4, -0.2) is 0 Å². The smallest absolute Gasteiger partial charge is 0.201 e. The topological polar surface area (TPSA) is 3.88 Å². The Morgan fingerprint density at radius 3 is 2.71 bits per heavy atom. The summed E-state index contributed by atoms with van der Waals surface area (Å²) in [7, 11) is 2.16. The zero-order valence-corrected chi connectivity index (χ0v) is 13.2. The first-order valence-electron chi connectivity index (χ1n) is 8.36. The second kappa shape index (κ2) is 4.98. The van der Waals surface area contributed by atoms with Gasteiger partial charge in [-0.3, -0.25) is 0 Å².